The van der Waals surface area contributed by atoms with E-state index in [9.17, 15) is 0 Å². The molecule has 1 aromatic heterocycles. The minimum Gasteiger partial charge on any atom is -0.497 e. The highest BCUT2D eigenvalue weighted by Gasteiger charge is 2.10. The van der Waals surface area contributed by atoms with Gasteiger partial charge in [-0.15, -0.1) is 12.4 Å². The minimum atomic E-state index is 0. The van der Waals surface area contributed by atoms with Crippen LogP contribution in [-0.2, 0) is 5.75 Å². The Morgan fingerprint density at radius 2 is 1.86 bits per heavy atom. The number of fused-ring (bicyclic) bond motifs is 1. The van der Waals surface area contributed by atoms with E-state index in [1.54, 1.807) is 18.9 Å². The van der Waals surface area contributed by atoms with Gasteiger partial charge in [-0.3, -0.25) is 0 Å². The van der Waals surface area contributed by atoms with Gasteiger partial charge in [-0.25, -0.2) is 0 Å². The van der Waals surface area contributed by atoms with E-state index in [1.807, 2.05) is 43.3 Å². The predicted octanol–water partition coefficient (Wildman–Crippen LogP) is 6.11. The number of hydrogen-bond acceptors (Lipinski definition) is 6. The molecule has 0 radical (unpaired) electrons. The Bertz CT molecular complexity index is 939. The maximum atomic E-state index is 6.22. The molecule has 0 saturated heterocycles. The summed E-state index contributed by atoms with van der Waals surface area (Å²) in [5.41, 5.74) is 1.77. The molecule has 1 heterocycles. The van der Waals surface area contributed by atoms with Gasteiger partial charge in [0.15, 0.2) is 0 Å². The summed E-state index contributed by atoms with van der Waals surface area (Å²) >= 11 is 14.2. The summed E-state index contributed by atoms with van der Waals surface area (Å²) in [7, 11) is 1.64. The van der Waals surface area contributed by atoms with E-state index < -0.39 is 0 Å². The Kier molecular flexibility index (Phi) is 9.43. The van der Waals surface area contributed by atoms with Crippen LogP contribution in [0.5, 0.6) is 11.8 Å². The average molecular weight is 475 g/mol. The summed E-state index contributed by atoms with van der Waals surface area (Å²) in [5.74, 6) is 3.10. The molecule has 0 spiro atoms. The van der Waals surface area contributed by atoms with Gasteiger partial charge in [-0.1, -0.05) is 29.3 Å². The van der Waals surface area contributed by atoms with Gasteiger partial charge >= 0.3 is 6.01 Å². The highest BCUT2D eigenvalue weighted by Crippen LogP contribution is 2.29. The zero-order valence-electron chi connectivity index (χ0n) is 16.1. The summed E-state index contributed by atoms with van der Waals surface area (Å²) in [4.78, 5) is 8.94. The quantitative estimate of drug-likeness (QED) is 0.378. The molecule has 0 saturated carbocycles. The molecule has 0 bridgehead atoms. The van der Waals surface area contributed by atoms with Crippen LogP contribution in [0.4, 0.5) is 5.82 Å². The van der Waals surface area contributed by atoms with Gasteiger partial charge in [0.05, 0.1) is 19.2 Å². The lowest BCUT2D eigenvalue weighted by Gasteiger charge is -2.12. The normalized spacial score (nSPS) is 10.5. The Hall–Kier alpha value is -1.60. The van der Waals surface area contributed by atoms with Crippen molar-refractivity contribution in [1.29, 1.82) is 0 Å². The zero-order valence-corrected chi connectivity index (χ0v) is 19.2. The molecule has 2 aromatic carbocycles. The number of hydrogen-bond donors (Lipinski definition) is 1. The van der Waals surface area contributed by atoms with E-state index in [-0.39, 0.29) is 12.4 Å². The molecule has 0 amide bonds. The number of methoxy groups -OCH3 is 1. The van der Waals surface area contributed by atoms with E-state index in [1.165, 1.54) is 0 Å². The molecule has 0 aliphatic rings. The third kappa shape index (κ3) is 6.19. The van der Waals surface area contributed by atoms with Gasteiger partial charge in [0.1, 0.15) is 11.6 Å². The van der Waals surface area contributed by atoms with Crippen molar-refractivity contribution in [3.8, 4) is 11.8 Å². The van der Waals surface area contributed by atoms with Crippen molar-refractivity contribution in [3.63, 3.8) is 0 Å². The van der Waals surface area contributed by atoms with Crippen molar-refractivity contribution in [3.05, 3.63) is 52.0 Å². The van der Waals surface area contributed by atoms with Crippen LogP contribution >= 0.6 is 47.4 Å². The van der Waals surface area contributed by atoms with E-state index in [0.29, 0.717) is 22.7 Å². The van der Waals surface area contributed by atoms with Crippen molar-refractivity contribution in [2.24, 2.45) is 0 Å². The number of benzene rings is 2. The minimum absolute atomic E-state index is 0. The van der Waals surface area contributed by atoms with Crippen LogP contribution < -0.4 is 14.8 Å². The molecule has 1 N–H and O–H groups in total. The van der Waals surface area contributed by atoms with Gasteiger partial charge in [0, 0.05) is 33.5 Å². The number of rotatable bonds is 9. The van der Waals surface area contributed by atoms with Crippen LogP contribution in [-0.4, -0.2) is 36.0 Å². The molecule has 0 atom stereocenters. The van der Waals surface area contributed by atoms with E-state index >= 15 is 0 Å². The SMILES string of the molecule is CCOc1nc(NCCSCc2c(Cl)cccc2Cl)c2cc(OC)ccc2n1.Cl. The first kappa shape index (κ1) is 23.7. The molecule has 3 aromatic rings. The first-order valence-electron chi connectivity index (χ1n) is 8.85. The molecule has 0 aliphatic carbocycles. The van der Waals surface area contributed by atoms with Gasteiger partial charge in [0.25, 0.3) is 0 Å². The first-order chi connectivity index (χ1) is 13.6. The largest absolute Gasteiger partial charge is 0.497 e. The number of nitrogens with zero attached hydrogens (tertiary/aromatic N) is 2. The molecule has 29 heavy (non-hydrogen) atoms. The summed E-state index contributed by atoms with van der Waals surface area (Å²) in [6.45, 7) is 3.14. The number of ether oxygens (including phenoxy) is 2. The fraction of sp³-hybridized carbons (Fsp3) is 0.300. The van der Waals surface area contributed by atoms with Crippen molar-refractivity contribution >= 4 is 64.1 Å². The average Bonchev–Trinajstić information content (AvgIpc) is 2.69. The monoisotopic (exact) mass is 473 g/mol. The van der Waals surface area contributed by atoms with Crippen LogP contribution in [0, 0.1) is 0 Å². The van der Waals surface area contributed by atoms with E-state index in [2.05, 4.69) is 15.3 Å². The number of anilines is 1. The smallest absolute Gasteiger partial charge is 0.318 e. The van der Waals surface area contributed by atoms with Crippen LogP contribution in [0.1, 0.15) is 12.5 Å². The van der Waals surface area contributed by atoms with Crippen LogP contribution in [0.2, 0.25) is 10.0 Å². The Morgan fingerprint density at radius 3 is 2.55 bits per heavy atom. The summed E-state index contributed by atoms with van der Waals surface area (Å²) in [5, 5.41) is 5.67. The molecular weight excluding hydrogens is 453 g/mol. The van der Waals surface area contributed by atoms with Crippen LogP contribution in [0.25, 0.3) is 10.9 Å². The Labute approximate surface area is 190 Å². The molecule has 5 nitrogen and oxygen atoms in total. The van der Waals surface area contributed by atoms with Crippen molar-refractivity contribution < 1.29 is 9.47 Å². The molecule has 3 rings (SSSR count). The summed E-state index contributed by atoms with van der Waals surface area (Å²) < 4.78 is 10.8. The van der Waals surface area contributed by atoms with Gasteiger partial charge in [-0.2, -0.15) is 21.7 Å². The van der Waals surface area contributed by atoms with Crippen molar-refractivity contribution in [2.45, 2.75) is 12.7 Å². The first-order valence-corrected chi connectivity index (χ1v) is 10.8. The second-order valence-electron chi connectivity index (χ2n) is 5.85. The third-order valence-electron chi connectivity index (χ3n) is 4.00. The lowest BCUT2D eigenvalue weighted by molar-refractivity contribution is 0.314. The van der Waals surface area contributed by atoms with Crippen LogP contribution in [0.3, 0.4) is 0 Å². The molecule has 156 valence electrons. The second-order valence-corrected chi connectivity index (χ2v) is 7.77. The Balaban J connectivity index is 0.00000300. The number of nitrogens with one attached hydrogen (secondary N) is 1. The fourth-order valence-electron chi connectivity index (χ4n) is 2.63. The van der Waals surface area contributed by atoms with E-state index in [4.69, 9.17) is 32.7 Å². The standard InChI is InChI=1S/C20H21Cl2N3O2S.ClH/c1-3-27-20-24-18-8-7-13(26-2)11-14(18)19(25-20)23-9-10-28-12-15-16(21)5-4-6-17(15)22;/h4-8,11H,3,9-10,12H2,1-2H3,(H,23,24,25);1H. The van der Waals surface area contributed by atoms with Crippen LogP contribution in [0.15, 0.2) is 36.4 Å². The van der Waals surface area contributed by atoms with Crippen molar-refractivity contribution in [1.82, 2.24) is 9.97 Å². The predicted molar refractivity (Wildman–Crippen MR) is 126 cm³/mol. The molecule has 9 heteroatoms. The topological polar surface area (TPSA) is 56.3 Å². The number of thioether (sulfide) groups is 1. The summed E-state index contributed by atoms with van der Waals surface area (Å²) in [6, 6.07) is 11.6. The summed E-state index contributed by atoms with van der Waals surface area (Å²) in [6.07, 6.45) is 0. The lowest BCUT2D eigenvalue weighted by Crippen LogP contribution is -2.08. The highest BCUT2D eigenvalue weighted by atomic mass is 35.5. The number of aromatic nitrogens is 2. The van der Waals surface area contributed by atoms with Crippen molar-refractivity contribution in [2.75, 3.05) is 31.3 Å². The third-order valence-corrected chi connectivity index (χ3v) is 5.70. The van der Waals surface area contributed by atoms with E-state index in [0.717, 1.165) is 46.1 Å². The fourth-order valence-corrected chi connectivity index (χ4v) is 4.22. The van der Waals surface area contributed by atoms with Gasteiger partial charge < -0.3 is 14.8 Å². The Morgan fingerprint density at radius 1 is 1.10 bits per heavy atom. The maximum absolute atomic E-state index is 6.22. The highest BCUT2D eigenvalue weighted by molar-refractivity contribution is 7.98. The van der Waals surface area contributed by atoms with Gasteiger partial charge in [0.2, 0.25) is 0 Å². The maximum Gasteiger partial charge on any atom is 0.318 e. The molecule has 0 fully saturated rings. The lowest BCUT2D eigenvalue weighted by atomic mass is 10.2. The molecular formula is C20H22Cl3N3O2S. The van der Waals surface area contributed by atoms with Gasteiger partial charge in [-0.05, 0) is 42.8 Å². The zero-order chi connectivity index (χ0) is 19.9. The molecule has 0 aliphatic heterocycles. The molecule has 0 unspecified atom stereocenters. The number of halogens is 3. The second kappa shape index (κ2) is 11.6.